The summed E-state index contributed by atoms with van der Waals surface area (Å²) in [7, 11) is -0.578. The molecule has 27 heavy (non-hydrogen) atoms. The Morgan fingerprint density at radius 3 is 1.85 bits per heavy atom. The van der Waals surface area contributed by atoms with E-state index in [0.29, 0.717) is 0 Å². The highest BCUT2D eigenvalue weighted by Crippen LogP contribution is 2.53. The van der Waals surface area contributed by atoms with E-state index in [1.165, 1.54) is 16.3 Å². The van der Waals surface area contributed by atoms with Gasteiger partial charge in [0.05, 0.1) is 11.4 Å². The van der Waals surface area contributed by atoms with E-state index >= 15 is 0 Å². The number of pyridine rings is 1. The van der Waals surface area contributed by atoms with Crippen molar-refractivity contribution in [3.8, 4) is 11.4 Å². The van der Waals surface area contributed by atoms with E-state index in [-0.39, 0.29) is 5.16 Å². The van der Waals surface area contributed by atoms with Crippen molar-refractivity contribution in [3.05, 3.63) is 103 Å². The van der Waals surface area contributed by atoms with Crippen LogP contribution in [0.25, 0.3) is 11.4 Å². The van der Waals surface area contributed by atoms with Gasteiger partial charge < -0.3 is 4.98 Å². The SMILES string of the molecule is CC(C)(c1ccc(-c2ccccn2)[nH]1)P(c1ccccc1)c1ccccc1. The quantitative estimate of drug-likeness (QED) is 0.465. The van der Waals surface area contributed by atoms with E-state index in [0.717, 1.165) is 11.4 Å². The fourth-order valence-corrected chi connectivity index (χ4v) is 6.39. The zero-order valence-electron chi connectivity index (χ0n) is 15.6. The summed E-state index contributed by atoms with van der Waals surface area (Å²) in [6.07, 6.45) is 1.84. The van der Waals surface area contributed by atoms with Crippen molar-refractivity contribution < 1.29 is 0 Å². The van der Waals surface area contributed by atoms with Gasteiger partial charge in [-0.25, -0.2) is 0 Å². The van der Waals surface area contributed by atoms with Gasteiger partial charge in [0.15, 0.2) is 0 Å². The molecule has 0 aliphatic carbocycles. The predicted octanol–water partition coefficient (Wildman–Crippen LogP) is 5.44. The smallest absolute Gasteiger partial charge is 0.0864 e. The molecule has 0 bridgehead atoms. The summed E-state index contributed by atoms with van der Waals surface area (Å²) in [6, 6.07) is 32.1. The molecule has 3 heteroatoms. The third-order valence-corrected chi connectivity index (χ3v) is 7.86. The zero-order valence-corrected chi connectivity index (χ0v) is 16.5. The maximum atomic E-state index is 4.48. The van der Waals surface area contributed by atoms with Crippen LogP contribution in [-0.4, -0.2) is 9.97 Å². The molecule has 0 spiro atoms. The van der Waals surface area contributed by atoms with Crippen LogP contribution in [0.1, 0.15) is 19.5 Å². The molecule has 0 fully saturated rings. The summed E-state index contributed by atoms with van der Waals surface area (Å²) in [6.45, 7) is 4.68. The van der Waals surface area contributed by atoms with E-state index in [1.54, 1.807) is 0 Å². The molecule has 0 saturated carbocycles. The molecule has 2 nitrogen and oxygen atoms in total. The fourth-order valence-electron chi connectivity index (χ4n) is 3.49. The number of aromatic amines is 1. The summed E-state index contributed by atoms with van der Waals surface area (Å²) in [4.78, 5) is 8.12. The molecule has 0 radical (unpaired) electrons. The average molecular weight is 370 g/mol. The van der Waals surface area contributed by atoms with Gasteiger partial charge >= 0.3 is 0 Å². The molecule has 2 heterocycles. The van der Waals surface area contributed by atoms with Crippen LogP contribution in [0, 0.1) is 0 Å². The first-order valence-electron chi connectivity index (χ1n) is 9.17. The van der Waals surface area contributed by atoms with E-state index in [2.05, 4.69) is 96.6 Å². The molecule has 0 atom stereocenters. The van der Waals surface area contributed by atoms with Gasteiger partial charge in [-0.15, -0.1) is 0 Å². The minimum atomic E-state index is -0.578. The topological polar surface area (TPSA) is 28.7 Å². The average Bonchev–Trinajstić information content (AvgIpc) is 3.22. The Balaban J connectivity index is 1.79. The first-order chi connectivity index (χ1) is 13.2. The van der Waals surface area contributed by atoms with Crippen molar-refractivity contribution in [1.82, 2.24) is 9.97 Å². The minimum Gasteiger partial charge on any atom is -0.356 e. The molecule has 0 unspecified atom stereocenters. The third-order valence-electron chi connectivity index (χ3n) is 4.87. The van der Waals surface area contributed by atoms with Gasteiger partial charge in [-0.3, -0.25) is 4.98 Å². The first kappa shape index (κ1) is 17.7. The van der Waals surface area contributed by atoms with Gasteiger partial charge in [-0.05, 0) is 56.6 Å². The van der Waals surface area contributed by atoms with Gasteiger partial charge in [0.2, 0.25) is 0 Å². The maximum Gasteiger partial charge on any atom is 0.0864 e. The van der Waals surface area contributed by atoms with E-state index in [1.807, 2.05) is 24.4 Å². The van der Waals surface area contributed by atoms with Crippen LogP contribution in [0.2, 0.25) is 0 Å². The van der Waals surface area contributed by atoms with Crippen molar-refractivity contribution in [2.45, 2.75) is 19.0 Å². The lowest BCUT2D eigenvalue weighted by atomic mass is 10.1. The molecule has 134 valence electrons. The van der Waals surface area contributed by atoms with Crippen molar-refractivity contribution in [3.63, 3.8) is 0 Å². The monoisotopic (exact) mass is 370 g/mol. The normalized spacial score (nSPS) is 11.7. The molecule has 4 aromatic rings. The Hall–Kier alpha value is -2.70. The molecule has 0 amide bonds. The summed E-state index contributed by atoms with van der Waals surface area (Å²) >= 11 is 0. The van der Waals surface area contributed by atoms with Crippen molar-refractivity contribution in [2.75, 3.05) is 0 Å². The lowest BCUT2D eigenvalue weighted by Crippen LogP contribution is -2.27. The molecule has 1 N–H and O–H groups in total. The summed E-state index contributed by atoms with van der Waals surface area (Å²) in [5.74, 6) is 0. The van der Waals surface area contributed by atoms with Crippen LogP contribution >= 0.6 is 7.92 Å². The Kier molecular flexibility index (Phi) is 4.92. The van der Waals surface area contributed by atoms with Crippen LogP contribution in [-0.2, 0) is 5.16 Å². The van der Waals surface area contributed by atoms with Crippen molar-refractivity contribution in [2.24, 2.45) is 0 Å². The van der Waals surface area contributed by atoms with Crippen molar-refractivity contribution >= 4 is 18.5 Å². The summed E-state index contributed by atoms with van der Waals surface area (Å²) in [5, 5.41) is 2.72. The second-order valence-electron chi connectivity index (χ2n) is 7.07. The fraction of sp³-hybridized carbons (Fsp3) is 0.125. The van der Waals surface area contributed by atoms with E-state index in [9.17, 15) is 0 Å². The van der Waals surface area contributed by atoms with Crippen LogP contribution in [0.5, 0.6) is 0 Å². The van der Waals surface area contributed by atoms with Crippen LogP contribution < -0.4 is 10.6 Å². The number of rotatable bonds is 5. The van der Waals surface area contributed by atoms with Gasteiger partial charge in [0.1, 0.15) is 0 Å². The lowest BCUT2D eigenvalue weighted by molar-refractivity contribution is 0.745. The number of hydrogen-bond donors (Lipinski definition) is 1. The Bertz CT molecular complexity index is 953. The number of hydrogen-bond acceptors (Lipinski definition) is 1. The Labute approximate surface area is 162 Å². The number of benzene rings is 2. The summed E-state index contributed by atoms with van der Waals surface area (Å²) < 4.78 is 0. The number of H-pyrrole nitrogens is 1. The molecule has 0 aliphatic rings. The van der Waals surface area contributed by atoms with Crippen LogP contribution in [0.3, 0.4) is 0 Å². The standard InChI is InChI=1S/C24H23N2P/c1-24(2,23-17-16-22(26-23)21-15-9-10-18-25-21)27(19-11-5-3-6-12-19)20-13-7-4-8-14-20/h3-18,26H,1-2H3. The first-order valence-corrected chi connectivity index (χ1v) is 10.5. The zero-order chi connectivity index (χ0) is 18.7. The predicted molar refractivity (Wildman–Crippen MR) is 116 cm³/mol. The van der Waals surface area contributed by atoms with E-state index < -0.39 is 7.92 Å². The van der Waals surface area contributed by atoms with Crippen molar-refractivity contribution in [1.29, 1.82) is 0 Å². The highest BCUT2D eigenvalue weighted by atomic mass is 31.1. The van der Waals surface area contributed by atoms with Gasteiger partial charge in [-0.2, -0.15) is 0 Å². The Morgan fingerprint density at radius 1 is 0.704 bits per heavy atom. The third kappa shape index (κ3) is 3.59. The molecule has 0 aliphatic heterocycles. The molecule has 0 saturated heterocycles. The van der Waals surface area contributed by atoms with Gasteiger partial charge in [-0.1, -0.05) is 66.7 Å². The van der Waals surface area contributed by atoms with Crippen LogP contribution in [0.15, 0.2) is 97.2 Å². The second-order valence-corrected chi connectivity index (χ2v) is 9.89. The molecule has 2 aromatic heterocycles. The highest BCUT2D eigenvalue weighted by Gasteiger charge is 2.34. The molecular formula is C24H23N2P. The number of nitrogens with zero attached hydrogens (tertiary/aromatic N) is 1. The number of nitrogens with one attached hydrogen (secondary N) is 1. The molecular weight excluding hydrogens is 347 g/mol. The van der Waals surface area contributed by atoms with Crippen LogP contribution in [0.4, 0.5) is 0 Å². The summed E-state index contributed by atoms with van der Waals surface area (Å²) in [5.41, 5.74) is 3.28. The lowest BCUT2D eigenvalue weighted by Gasteiger charge is -2.35. The maximum absolute atomic E-state index is 4.48. The minimum absolute atomic E-state index is 0.0505. The second kappa shape index (κ2) is 7.50. The number of aromatic nitrogens is 2. The van der Waals surface area contributed by atoms with Gasteiger partial charge in [0, 0.05) is 17.0 Å². The Morgan fingerprint density at radius 2 is 1.30 bits per heavy atom. The largest absolute Gasteiger partial charge is 0.356 e. The highest BCUT2D eigenvalue weighted by molar-refractivity contribution is 7.74. The molecule has 2 aromatic carbocycles. The van der Waals surface area contributed by atoms with E-state index in [4.69, 9.17) is 0 Å². The molecule has 4 rings (SSSR count). The van der Waals surface area contributed by atoms with Gasteiger partial charge in [0.25, 0.3) is 0 Å².